The number of nitrogens with zero attached hydrogens (tertiary/aromatic N) is 3. The maximum atomic E-state index is 13.9. The van der Waals surface area contributed by atoms with Crippen molar-refractivity contribution in [1.82, 2.24) is 9.88 Å². The maximum Gasteiger partial charge on any atom is 0.232 e. The van der Waals surface area contributed by atoms with Crippen LogP contribution in [0.25, 0.3) is 0 Å². The quantitative estimate of drug-likeness (QED) is 0.154. The molecule has 5 rings (SSSR count). The van der Waals surface area contributed by atoms with Gasteiger partial charge in [-0.05, 0) is 75.8 Å². The standard InChI is InChI=1S/C30H33Cl2FN6O2/c1-16(2)39-9-7-30(8-10-39)6-5-17-11-18(12-19(14-34)27(17)41-30)26(36)21-13-20(3-4-23(21)35)40-29(37)24-22(31)15-38-28(33)25(24)32/h3-4,12-13,15-17,29,36H,5-11,35,37H2,1-2H3/t17?,29-/m0/s1. The number of aromatic nitrogens is 1. The second-order valence-electron chi connectivity index (χ2n) is 11.2. The van der Waals surface area contributed by atoms with Crippen LogP contribution >= 0.6 is 23.2 Å². The van der Waals surface area contributed by atoms with E-state index < -0.39 is 12.2 Å². The minimum atomic E-state index is -1.19. The topological polar surface area (TPSA) is 134 Å². The smallest absolute Gasteiger partial charge is 0.232 e. The Balaban J connectivity index is 1.37. The Morgan fingerprint density at radius 2 is 2.02 bits per heavy atom. The van der Waals surface area contributed by atoms with Gasteiger partial charge in [0, 0.05) is 42.5 Å². The summed E-state index contributed by atoms with van der Waals surface area (Å²) in [7, 11) is 0. The molecule has 5 N–H and O–H groups in total. The number of hydrogen-bond donors (Lipinski definition) is 3. The van der Waals surface area contributed by atoms with Crippen LogP contribution in [0.15, 0.2) is 47.4 Å². The van der Waals surface area contributed by atoms with Crippen molar-refractivity contribution in [3.8, 4) is 11.8 Å². The highest BCUT2D eigenvalue weighted by Gasteiger charge is 2.44. The summed E-state index contributed by atoms with van der Waals surface area (Å²) in [5, 5.41) is 18.8. The number of nitrogens with two attached hydrogens (primary N) is 2. The normalized spacial score (nSPS) is 21.1. The lowest BCUT2D eigenvalue weighted by atomic mass is 9.75. The van der Waals surface area contributed by atoms with E-state index in [9.17, 15) is 9.65 Å². The number of hydrogen-bond acceptors (Lipinski definition) is 8. The van der Waals surface area contributed by atoms with Gasteiger partial charge in [0.1, 0.15) is 28.2 Å². The van der Waals surface area contributed by atoms with Crippen LogP contribution < -0.4 is 16.2 Å². The first-order chi connectivity index (χ1) is 19.5. The van der Waals surface area contributed by atoms with Gasteiger partial charge < -0.3 is 20.1 Å². The molecule has 2 saturated heterocycles. The first-order valence-corrected chi connectivity index (χ1v) is 14.5. The number of nitrogens with one attached hydrogen (secondary N) is 1. The zero-order valence-electron chi connectivity index (χ0n) is 23.0. The van der Waals surface area contributed by atoms with Crippen molar-refractivity contribution in [2.24, 2.45) is 11.7 Å². The van der Waals surface area contributed by atoms with Crippen molar-refractivity contribution in [2.75, 3.05) is 18.8 Å². The fraction of sp³-hybridized carbons (Fsp3) is 0.433. The van der Waals surface area contributed by atoms with E-state index in [-0.39, 0.29) is 32.8 Å². The Morgan fingerprint density at radius 3 is 2.71 bits per heavy atom. The van der Waals surface area contributed by atoms with E-state index in [0.717, 1.165) is 50.7 Å². The fourth-order valence-electron chi connectivity index (χ4n) is 5.96. The largest absolute Gasteiger partial charge is 0.490 e. The summed E-state index contributed by atoms with van der Waals surface area (Å²) < 4.78 is 26.4. The number of likely N-dealkylation sites (tertiary alicyclic amines) is 1. The van der Waals surface area contributed by atoms with Gasteiger partial charge in [-0.15, -0.1) is 0 Å². The highest BCUT2D eigenvalue weighted by Crippen LogP contribution is 2.47. The van der Waals surface area contributed by atoms with E-state index in [0.29, 0.717) is 40.6 Å². The molecule has 1 aliphatic carbocycles. The average molecular weight is 600 g/mol. The monoisotopic (exact) mass is 598 g/mol. The zero-order chi connectivity index (χ0) is 29.5. The van der Waals surface area contributed by atoms with E-state index in [2.05, 4.69) is 29.8 Å². The third kappa shape index (κ3) is 5.80. The SMILES string of the molecule is CC(C)N1CCC2(CCC3CC(C(=N)c4cc(O[C@H](N)c5c(Cl)cnc(F)c5Cl)ccc4N)=CC(C#N)=C3O2)CC1. The molecule has 2 aliphatic heterocycles. The van der Waals surface area contributed by atoms with Crippen LogP contribution in [0.5, 0.6) is 5.75 Å². The van der Waals surface area contributed by atoms with E-state index in [1.807, 2.05) is 0 Å². The average Bonchev–Trinajstić information content (AvgIpc) is 2.95. The molecule has 3 heterocycles. The van der Waals surface area contributed by atoms with Crippen LogP contribution in [0.2, 0.25) is 10.0 Å². The summed E-state index contributed by atoms with van der Waals surface area (Å²) >= 11 is 12.2. The van der Waals surface area contributed by atoms with Gasteiger partial charge in [-0.25, -0.2) is 4.98 Å². The molecule has 2 atom stereocenters. The van der Waals surface area contributed by atoms with Gasteiger partial charge in [0.05, 0.1) is 21.9 Å². The number of ether oxygens (including phenoxy) is 2. The molecule has 0 amide bonds. The molecular weight excluding hydrogens is 566 g/mol. The molecule has 1 spiro atoms. The first kappa shape index (κ1) is 29.3. The summed E-state index contributed by atoms with van der Waals surface area (Å²) in [6.45, 7) is 6.40. The lowest BCUT2D eigenvalue weighted by molar-refractivity contribution is -0.0926. The molecule has 1 aromatic heterocycles. The molecule has 216 valence electrons. The molecule has 11 heteroatoms. The number of piperidine rings is 1. The van der Waals surface area contributed by atoms with Gasteiger partial charge in [0.25, 0.3) is 0 Å². The summed E-state index contributed by atoms with van der Waals surface area (Å²) in [4.78, 5) is 5.94. The molecule has 2 aromatic rings. The highest BCUT2D eigenvalue weighted by atomic mass is 35.5. The molecule has 41 heavy (non-hydrogen) atoms. The first-order valence-electron chi connectivity index (χ1n) is 13.7. The lowest BCUT2D eigenvalue weighted by Gasteiger charge is -2.48. The number of nitriles is 1. The van der Waals surface area contributed by atoms with Crippen LogP contribution in [0, 0.1) is 28.6 Å². The van der Waals surface area contributed by atoms with Crippen LogP contribution in [-0.2, 0) is 4.74 Å². The summed E-state index contributed by atoms with van der Waals surface area (Å²) in [6, 6.07) is 7.61. The van der Waals surface area contributed by atoms with E-state index in [1.165, 1.54) is 0 Å². The second-order valence-corrected chi connectivity index (χ2v) is 12.0. The third-order valence-corrected chi connectivity index (χ3v) is 9.05. The van der Waals surface area contributed by atoms with Crippen molar-refractivity contribution >= 4 is 34.6 Å². The Kier molecular flexibility index (Phi) is 8.31. The number of allylic oxidation sites excluding steroid dienone is 4. The predicted octanol–water partition coefficient (Wildman–Crippen LogP) is 6.29. The second kappa shape index (κ2) is 11.6. The van der Waals surface area contributed by atoms with Crippen molar-refractivity contribution in [1.29, 1.82) is 10.7 Å². The number of fused-ring (bicyclic) bond motifs is 1. The van der Waals surface area contributed by atoms with Crippen molar-refractivity contribution in [3.63, 3.8) is 0 Å². The van der Waals surface area contributed by atoms with Crippen LogP contribution in [0.4, 0.5) is 10.1 Å². The number of anilines is 1. The molecule has 3 aliphatic rings. The minimum Gasteiger partial charge on any atom is -0.490 e. The summed E-state index contributed by atoms with van der Waals surface area (Å²) in [5.74, 6) is 0.162. The van der Waals surface area contributed by atoms with E-state index in [1.54, 1.807) is 24.3 Å². The van der Waals surface area contributed by atoms with Gasteiger partial charge in [0.15, 0.2) is 6.23 Å². The Hall–Kier alpha value is -3.16. The minimum absolute atomic E-state index is 0.0266. The summed E-state index contributed by atoms with van der Waals surface area (Å²) in [6.07, 6.45) is 5.94. The molecule has 2 fully saturated rings. The molecule has 0 bridgehead atoms. The van der Waals surface area contributed by atoms with Crippen molar-refractivity contribution in [3.05, 3.63) is 74.5 Å². The number of halogens is 3. The predicted molar refractivity (Wildman–Crippen MR) is 157 cm³/mol. The van der Waals surface area contributed by atoms with Crippen LogP contribution in [0.1, 0.15) is 63.3 Å². The number of nitrogen functional groups attached to an aromatic ring is 1. The Morgan fingerprint density at radius 1 is 1.29 bits per heavy atom. The molecule has 0 saturated carbocycles. The van der Waals surface area contributed by atoms with Gasteiger partial charge in [0.2, 0.25) is 5.95 Å². The van der Waals surface area contributed by atoms with Gasteiger partial charge in [-0.1, -0.05) is 23.2 Å². The summed E-state index contributed by atoms with van der Waals surface area (Å²) in [5.41, 5.74) is 14.4. The third-order valence-electron chi connectivity index (χ3n) is 8.38. The van der Waals surface area contributed by atoms with Gasteiger partial charge >= 0.3 is 0 Å². The van der Waals surface area contributed by atoms with E-state index in [4.69, 9.17) is 49.6 Å². The maximum absolute atomic E-state index is 13.9. The highest BCUT2D eigenvalue weighted by molar-refractivity contribution is 6.35. The van der Waals surface area contributed by atoms with Crippen LogP contribution in [0.3, 0.4) is 0 Å². The lowest BCUT2D eigenvalue weighted by Crippen LogP contribution is -2.50. The molecule has 8 nitrogen and oxygen atoms in total. The number of benzene rings is 1. The molecule has 1 aromatic carbocycles. The number of rotatable bonds is 6. The zero-order valence-corrected chi connectivity index (χ0v) is 24.5. The molecular formula is C30H33Cl2FN6O2. The van der Waals surface area contributed by atoms with Crippen LogP contribution in [-0.4, -0.2) is 40.3 Å². The molecule has 0 radical (unpaired) electrons. The van der Waals surface area contributed by atoms with Gasteiger partial charge in [-0.2, -0.15) is 9.65 Å². The van der Waals surface area contributed by atoms with E-state index >= 15 is 0 Å². The van der Waals surface area contributed by atoms with Gasteiger partial charge in [-0.3, -0.25) is 11.1 Å². The van der Waals surface area contributed by atoms with Crippen molar-refractivity contribution in [2.45, 2.75) is 63.8 Å². The fourth-order valence-corrected chi connectivity index (χ4v) is 6.51. The Bertz CT molecular complexity index is 1480. The molecule has 1 unspecified atom stereocenters. The van der Waals surface area contributed by atoms with Crippen molar-refractivity contribution < 1.29 is 13.9 Å². The Labute approximate surface area is 249 Å². The number of pyridine rings is 1.